The van der Waals surface area contributed by atoms with Gasteiger partial charge in [0, 0.05) is 32.0 Å². The van der Waals surface area contributed by atoms with Gasteiger partial charge in [0.25, 0.3) is 5.91 Å². The molecule has 26 heavy (non-hydrogen) atoms. The number of aromatic nitrogens is 1. The lowest BCUT2D eigenvalue weighted by Gasteiger charge is -2.38. The van der Waals surface area contributed by atoms with E-state index in [-0.39, 0.29) is 5.91 Å². The molecule has 6 nitrogen and oxygen atoms in total. The molecule has 2 aliphatic rings. The van der Waals surface area contributed by atoms with E-state index in [9.17, 15) is 4.79 Å². The summed E-state index contributed by atoms with van der Waals surface area (Å²) in [6.07, 6.45) is 4.05. The number of carbonyl (C=O) groups is 1. The van der Waals surface area contributed by atoms with Gasteiger partial charge in [-0.1, -0.05) is 12.1 Å². The fourth-order valence-corrected chi connectivity index (χ4v) is 3.45. The Kier molecular flexibility index (Phi) is 5.02. The molecule has 4 rings (SSSR count). The Labute approximate surface area is 153 Å². The standard InChI is InChI=1S/C20H23N3O3/c24-20(22-11-13-25-14-12-22)19-15-23(10-7-16-5-8-21-9-6-16)17-3-1-2-4-18(17)26-19/h1-6,8-9,19H,7,10-15H2. The van der Waals surface area contributed by atoms with Crippen LogP contribution in [0.4, 0.5) is 5.69 Å². The molecule has 1 saturated heterocycles. The second-order valence-corrected chi connectivity index (χ2v) is 6.56. The van der Waals surface area contributed by atoms with Crippen LogP contribution in [0.3, 0.4) is 0 Å². The Hall–Kier alpha value is -2.60. The smallest absolute Gasteiger partial charge is 0.265 e. The summed E-state index contributed by atoms with van der Waals surface area (Å²) in [6.45, 7) is 3.87. The minimum atomic E-state index is -0.472. The summed E-state index contributed by atoms with van der Waals surface area (Å²) in [4.78, 5) is 21.1. The summed E-state index contributed by atoms with van der Waals surface area (Å²) < 4.78 is 11.4. The number of para-hydroxylation sites is 2. The normalized spacial score (nSPS) is 19.6. The number of hydrogen-bond acceptors (Lipinski definition) is 5. The lowest BCUT2D eigenvalue weighted by atomic mass is 10.1. The fourth-order valence-electron chi connectivity index (χ4n) is 3.45. The molecule has 1 fully saturated rings. The molecule has 3 heterocycles. The summed E-state index contributed by atoms with van der Waals surface area (Å²) in [5, 5.41) is 0. The Morgan fingerprint density at radius 2 is 1.88 bits per heavy atom. The van der Waals surface area contributed by atoms with Crippen LogP contribution in [0.25, 0.3) is 0 Å². The number of morpholine rings is 1. The first-order chi connectivity index (χ1) is 12.8. The maximum absolute atomic E-state index is 12.9. The van der Waals surface area contributed by atoms with E-state index in [4.69, 9.17) is 9.47 Å². The van der Waals surface area contributed by atoms with Gasteiger partial charge in [0.2, 0.25) is 0 Å². The largest absolute Gasteiger partial charge is 0.477 e. The molecule has 6 heteroatoms. The summed E-state index contributed by atoms with van der Waals surface area (Å²) in [6, 6.07) is 12.0. The Balaban J connectivity index is 1.50. The first kappa shape index (κ1) is 16.8. The molecule has 0 saturated carbocycles. The van der Waals surface area contributed by atoms with Crippen molar-refractivity contribution in [3.8, 4) is 5.75 Å². The van der Waals surface area contributed by atoms with Crippen LogP contribution < -0.4 is 9.64 Å². The molecule has 0 spiro atoms. The van der Waals surface area contributed by atoms with Crippen molar-refractivity contribution in [3.63, 3.8) is 0 Å². The van der Waals surface area contributed by atoms with Crippen LogP contribution in [-0.4, -0.2) is 61.3 Å². The van der Waals surface area contributed by atoms with Crippen molar-refractivity contribution in [2.24, 2.45) is 0 Å². The number of rotatable bonds is 4. The number of anilines is 1. The predicted molar refractivity (Wildman–Crippen MR) is 98.4 cm³/mol. The first-order valence-corrected chi connectivity index (χ1v) is 9.07. The van der Waals surface area contributed by atoms with Gasteiger partial charge in [-0.15, -0.1) is 0 Å². The minimum Gasteiger partial charge on any atom is -0.477 e. The highest BCUT2D eigenvalue weighted by Gasteiger charge is 2.33. The third kappa shape index (κ3) is 3.65. The van der Waals surface area contributed by atoms with Crippen molar-refractivity contribution in [3.05, 3.63) is 54.4 Å². The molecular formula is C20H23N3O3. The number of hydrogen-bond donors (Lipinski definition) is 0. The highest BCUT2D eigenvalue weighted by atomic mass is 16.5. The molecule has 0 bridgehead atoms. The van der Waals surface area contributed by atoms with E-state index < -0.39 is 6.10 Å². The maximum atomic E-state index is 12.9. The number of nitrogens with zero attached hydrogens (tertiary/aromatic N) is 3. The van der Waals surface area contributed by atoms with Gasteiger partial charge >= 0.3 is 0 Å². The molecule has 2 aliphatic heterocycles. The quantitative estimate of drug-likeness (QED) is 0.838. The van der Waals surface area contributed by atoms with Gasteiger partial charge in [-0.25, -0.2) is 0 Å². The summed E-state index contributed by atoms with van der Waals surface area (Å²) in [5.41, 5.74) is 2.28. The van der Waals surface area contributed by atoms with E-state index in [2.05, 4.69) is 16.0 Å². The summed E-state index contributed by atoms with van der Waals surface area (Å²) in [7, 11) is 0. The molecule has 1 aromatic carbocycles. The maximum Gasteiger partial charge on any atom is 0.265 e. The predicted octanol–water partition coefficient (Wildman–Crippen LogP) is 1.75. The zero-order chi connectivity index (χ0) is 17.8. The van der Waals surface area contributed by atoms with E-state index in [1.165, 1.54) is 5.56 Å². The molecule has 136 valence electrons. The van der Waals surface area contributed by atoms with E-state index in [1.54, 1.807) is 0 Å². The average Bonchev–Trinajstić information content (AvgIpc) is 2.72. The Morgan fingerprint density at radius 1 is 1.12 bits per heavy atom. The van der Waals surface area contributed by atoms with Crippen molar-refractivity contribution in [1.29, 1.82) is 0 Å². The van der Waals surface area contributed by atoms with E-state index >= 15 is 0 Å². The Morgan fingerprint density at radius 3 is 2.69 bits per heavy atom. The highest BCUT2D eigenvalue weighted by molar-refractivity contribution is 5.83. The van der Waals surface area contributed by atoms with Crippen molar-refractivity contribution < 1.29 is 14.3 Å². The summed E-state index contributed by atoms with van der Waals surface area (Å²) >= 11 is 0. The number of benzene rings is 1. The Bertz CT molecular complexity index is 747. The number of pyridine rings is 1. The van der Waals surface area contributed by atoms with Gasteiger partial charge in [0.15, 0.2) is 6.10 Å². The van der Waals surface area contributed by atoms with E-state index in [0.717, 1.165) is 24.4 Å². The van der Waals surface area contributed by atoms with Crippen molar-refractivity contribution in [2.45, 2.75) is 12.5 Å². The molecule has 1 unspecified atom stereocenters. The van der Waals surface area contributed by atoms with Gasteiger partial charge in [-0.3, -0.25) is 9.78 Å². The number of amides is 1. The van der Waals surface area contributed by atoms with E-state index in [0.29, 0.717) is 32.8 Å². The molecule has 1 atom stereocenters. The van der Waals surface area contributed by atoms with Crippen molar-refractivity contribution >= 4 is 11.6 Å². The monoisotopic (exact) mass is 353 g/mol. The van der Waals surface area contributed by atoms with Crippen LogP contribution in [0.5, 0.6) is 5.75 Å². The third-order valence-electron chi connectivity index (χ3n) is 4.88. The molecule has 0 aliphatic carbocycles. The average molecular weight is 353 g/mol. The summed E-state index contributed by atoms with van der Waals surface area (Å²) in [5.74, 6) is 0.830. The van der Waals surface area contributed by atoms with Gasteiger partial charge in [0.1, 0.15) is 5.75 Å². The number of carbonyl (C=O) groups excluding carboxylic acids is 1. The molecule has 2 aromatic rings. The van der Waals surface area contributed by atoms with Crippen molar-refractivity contribution in [2.75, 3.05) is 44.3 Å². The van der Waals surface area contributed by atoms with Crippen LogP contribution in [0, 0.1) is 0 Å². The van der Waals surface area contributed by atoms with Crippen LogP contribution in [0.2, 0.25) is 0 Å². The van der Waals surface area contributed by atoms with Gasteiger partial charge < -0.3 is 19.3 Å². The highest BCUT2D eigenvalue weighted by Crippen LogP contribution is 2.33. The number of fused-ring (bicyclic) bond motifs is 1. The van der Waals surface area contributed by atoms with Crippen LogP contribution in [0.15, 0.2) is 48.8 Å². The second-order valence-electron chi connectivity index (χ2n) is 6.56. The lowest BCUT2D eigenvalue weighted by molar-refractivity contribution is -0.142. The zero-order valence-corrected chi connectivity index (χ0v) is 14.7. The minimum absolute atomic E-state index is 0.0525. The molecule has 0 N–H and O–H groups in total. The molecule has 0 radical (unpaired) electrons. The molecule has 1 amide bonds. The second kappa shape index (κ2) is 7.74. The van der Waals surface area contributed by atoms with Gasteiger partial charge in [0.05, 0.1) is 25.4 Å². The lowest BCUT2D eigenvalue weighted by Crippen LogP contribution is -2.53. The first-order valence-electron chi connectivity index (χ1n) is 9.07. The zero-order valence-electron chi connectivity index (χ0n) is 14.7. The van der Waals surface area contributed by atoms with Crippen molar-refractivity contribution in [1.82, 2.24) is 9.88 Å². The molecule has 1 aromatic heterocycles. The van der Waals surface area contributed by atoms with Crippen LogP contribution in [0.1, 0.15) is 5.56 Å². The SMILES string of the molecule is O=C(C1CN(CCc2ccncc2)c2ccccc2O1)N1CCOCC1. The van der Waals surface area contributed by atoms with Gasteiger partial charge in [-0.05, 0) is 36.2 Å². The van der Waals surface area contributed by atoms with Gasteiger partial charge in [-0.2, -0.15) is 0 Å². The topological polar surface area (TPSA) is 54.9 Å². The fraction of sp³-hybridized carbons (Fsp3) is 0.400. The van der Waals surface area contributed by atoms with Crippen LogP contribution >= 0.6 is 0 Å². The third-order valence-corrected chi connectivity index (χ3v) is 4.88. The number of ether oxygens (including phenoxy) is 2. The molecular weight excluding hydrogens is 330 g/mol. The van der Waals surface area contributed by atoms with Crippen LogP contribution in [-0.2, 0) is 16.0 Å². The van der Waals surface area contributed by atoms with E-state index in [1.807, 2.05) is 47.6 Å².